The summed E-state index contributed by atoms with van der Waals surface area (Å²) >= 11 is 0. The highest BCUT2D eigenvalue weighted by Gasteiger charge is 2.15. The lowest BCUT2D eigenvalue weighted by atomic mass is 9.93. The van der Waals surface area contributed by atoms with Crippen molar-refractivity contribution in [3.05, 3.63) is 66.5 Å². The van der Waals surface area contributed by atoms with Crippen LogP contribution in [0, 0.1) is 5.92 Å². The summed E-state index contributed by atoms with van der Waals surface area (Å²) in [6, 6.07) is 16.1. The first kappa shape index (κ1) is 19.9. The van der Waals surface area contributed by atoms with Crippen LogP contribution in [0.1, 0.15) is 5.56 Å². The zero-order chi connectivity index (χ0) is 19.9. The molecule has 5 heteroatoms. The molecule has 3 N–H and O–H groups in total. The fourth-order valence-corrected chi connectivity index (χ4v) is 3.29. The zero-order valence-electron chi connectivity index (χ0n) is 16.3. The number of nitrogens with zero attached hydrogens (tertiary/aromatic N) is 1. The van der Waals surface area contributed by atoms with Gasteiger partial charge in [-0.15, -0.1) is 0 Å². The van der Waals surface area contributed by atoms with Crippen LogP contribution in [-0.4, -0.2) is 37.5 Å². The predicted molar refractivity (Wildman–Crippen MR) is 112 cm³/mol. The number of aromatic nitrogens is 1. The number of benzene rings is 2. The van der Waals surface area contributed by atoms with Crippen LogP contribution >= 0.6 is 0 Å². The van der Waals surface area contributed by atoms with E-state index < -0.39 is 0 Å². The Bertz CT molecular complexity index is 909. The molecule has 0 bridgehead atoms. The third-order valence-corrected chi connectivity index (χ3v) is 4.88. The summed E-state index contributed by atoms with van der Waals surface area (Å²) in [5, 5.41) is 9.49. The maximum Gasteiger partial charge on any atom is 0.126 e. The van der Waals surface area contributed by atoms with Gasteiger partial charge in [0.2, 0.25) is 0 Å². The summed E-state index contributed by atoms with van der Waals surface area (Å²) in [5.74, 6) is 1.57. The number of aliphatic hydroxyl groups is 1. The molecule has 1 unspecified atom stereocenters. The fourth-order valence-electron chi connectivity index (χ4n) is 3.29. The molecule has 0 aliphatic carbocycles. The lowest BCUT2D eigenvalue weighted by molar-refractivity contribution is 0.230. The molecule has 0 radical (unpaired) electrons. The van der Waals surface area contributed by atoms with E-state index in [1.807, 2.05) is 36.4 Å². The maximum atomic E-state index is 9.49. The third kappa shape index (κ3) is 4.32. The quantitative estimate of drug-likeness (QED) is 0.627. The van der Waals surface area contributed by atoms with Crippen molar-refractivity contribution in [1.82, 2.24) is 4.98 Å². The molecule has 0 spiro atoms. The summed E-state index contributed by atoms with van der Waals surface area (Å²) in [4.78, 5) is 4.09. The Labute approximate surface area is 165 Å². The van der Waals surface area contributed by atoms with E-state index >= 15 is 0 Å². The molecule has 5 nitrogen and oxygen atoms in total. The van der Waals surface area contributed by atoms with E-state index in [2.05, 4.69) is 17.1 Å². The first-order valence-corrected chi connectivity index (χ1v) is 9.26. The molecule has 146 valence electrons. The van der Waals surface area contributed by atoms with Gasteiger partial charge in [-0.05, 0) is 72.0 Å². The summed E-state index contributed by atoms with van der Waals surface area (Å²) in [5.41, 5.74) is 10.9. The molecule has 0 amide bonds. The van der Waals surface area contributed by atoms with Gasteiger partial charge < -0.3 is 20.3 Å². The minimum absolute atomic E-state index is 0.0336. The van der Waals surface area contributed by atoms with Gasteiger partial charge in [0.15, 0.2) is 0 Å². The minimum Gasteiger partial charge on any atom is -0.496 e. The Hall–Kier alpha value is -2.89. The number of methoxy groups -OCH3 is 2. The van der Waals surface area contributed by atoms with Crippen molar-refractivity contribution in [3.8, 4) is 33.8 Å². The van der Waals surface area contributed by atoms with E-state index in [4.69, 9.17) is 15.2 Å². The van der Waals surface area contributed by atoms with Gasteiger partial charge in [-0.25, -0.2) is 0 Å². The van der Waals surface area contributed by atoms with Crippen molar-refractivity contribution in [2.75, 3.05) is 27.4 Å². The molecule has 1 heterocycles. The van der Waals surface area contributed by atoms with Gasteiger partial charge in [-0.2, -0.15) is 0 Å². The highest BCUT2D eigenvalue weighted by atomic mass is 16.5. The second kappa shape index (κ2) is 9.35. The molecule has 0 aliphatic rings. The van der Waals surface area contributed by atoms with Crippen LogP contribution in [0.15, 0.2) is 60.9 Å². The van der Waals surface area contributed by atoms with Gasteiger partial charge in [0.05, 0.1) is 14.2 Å². The fraction of sp³-hybridized carbons (Fsp3) is 0.261. The van der Waals surface area contributed by atoms with Crippen LogP contribution in [0.4, 0.5) is 0 Å². The molecule has 2 aromatic carbocycles. The minimum atomic E-state index is 0.0336. The molecule has 3 aromatic rings. The molecule has 0 saturated carbocycles. The smallest absolute Gasteiger partial charge is 0.126 e. The number of hydrogen-bond donors (Lipinski definition) is 2. The molecular formula is C23H26N2O3. The van der Waals surface area contributed by atoms with Gasteiger partial charge in [0.1, 0.15) is 11.5 Å². The number of ether oxygens (including phenoxy) is 2. The van der Waals surface area contributed by atoms with Crippen molar-refractivity contribution < 1.29 is 14.6 Å². The van der Waals surface area contributed by atoms with E-state index in [0.29, 0.717) is 13.0 Å². The van der Waals surface area contributed by atoms with E-state index in [9.17, 15) is 5.11 Å². The van der Waals surface area contributed by atoms with Crippen molar-refractivity contribution in [2.45, 2.75) is 6.42 Å². The van der Waals surface area contributed by atoms with Crippen LogP contribution in [0.5, 0.6) is 11.5 Å². The Morgan fingerprint density at radius 1 is 0.893 bits per heavy atom. The Balaban J connectivity index is 2.10. The predicted octanol–water partition coefficient (Wildman–Crippen LogP) is 3.54. The Kier molecular flexibility index (Phi) is 6.63. The van der Waals surface area contributed by atoms with Crippen molar-refractivity contribution in [3.63, 3.8) is 0 Å². The summed E-state index contributed by atoms with van der Waals surface area (Å²) < 4.78 is 11.2. The van der Waals surface area contributed by atoms with Crippen molar-refractivity contribution >= 4 is 0 Å². The topological polar surface area (TPSA) is 77.6 Å². The highest BCUT2D eigenvalue weighted by Crippen LogP contribution is 2.39. The number of nitrogens with two attached hydrogens (primary N) is 1. The second-order valence-electron chi connectivity index (χ2n) is 6.67. The molecule has 0 aliphatic heterocycles. The molecule has 1 aromatic heterocycles. The first-order valence-electron chi connectivity index (χ1n) is 9.26. The number of pyridine rings is 1. The molecule has 28 heavy (non-hydrogen) atoms. The van der Waals surface area contributed by atoms with E-state index in [1.165, 1.54) is 0 Å². The second-order valence-corrected chi connectivity index (χ2v) is 6.67. The van der Waals surface area contributed by atoms with Gasteiger partial charge in [0, 0.05) is 30.1 Å². The Morgan fingerprint density at radius 3 is 2.14 bits per heavy atom. The summed E-state index contributed by atoms with van der Waals surface area (Å²) in [6.07, 6.45) is 4.26. The lowest BCUT2D eigenvalue weighted by Gasteiger charge is -2.17. The average molecular weight is 378 g/mol. The van der Waals surface area contributed by atoms with Gasteiger partial charge in [-0.3, -0.25) is 4.98 Å². The normalized spacial score (nSPS) is 11.9. The van der Waals surface area contributed by atoms with Crippen LogP contribution < -0.4 is 15.2 Å². The molecule has 0 saturated heterocycles. The molecule has 3 rings (SSSR count). The van der Waals surface area contributed by atoms with Gasteiger partial charge >= 0.3 is 0 Å². The van der Waals surface area contributed by atoms with E-state index in [1.54, 1.807) is 26.6 Å². The molecule has 0 fully saturated rings. The molecule has 1 atom stereocenters. The number of aliphatic hydroxyl groups excluding tert-OH is 1. The number of hydrogen-bond acceptors (Lipinski definition) is 5. The zero-order valence-corrected chi connectivity index (χ0v) is 16.3. The standard InChI is InChI=1S/C23H26N2O3/c1-27-22-5-3-16(11-17(14-24)15-26)12-20(22)21-13-19(4-6-23(21)28-2)18-7-9-25-10-8-18/h3-10,12-13,17,26H,11,14-15,24H2,1-2H3. The van der Waals surface area contributed by atoms with E-state index in [-0.39, 0.29) is 12.5 Å². The van der Waals surface area contributed by atoms with Crippen LogP contribution in [-0.2, 0) is 6.42 Å². The van der Waals surface area contributed by atoms with Crippen LogP contribution in [0.2, 0.25) is 0 Å². The molecular weight excluding hydrogens is 352 g/mol. The van der Waals surface area contributed by atoms with Crippen molar-refractivity contribution in [1.29, 1.82) is 0 Å². The van der Waals surface area contributed by atoms with E-state index in [0.717, 1.165) is 39.3 Å². The highest BCUT2D eigenvalue weighted by molar-refractivity contribution is 5.81. The first-order chi connectivity index (χ1) is 13.7. The number of rotatable bonds is 8. The monoisotopic (exact) mass is 378 g/mol. The largest absolute Gasteiger partial charge is 0.496 e. The van der Waals surface area contributed by atoms with Gasteiger partial charge in [-0.1, -0.05) is 12.1 Å². The van der Waals surface area contributed by atoms with Crippen LogP contribution in [0.3, 0.4) is 0 Å². The maximum absolute atomic E-state index is 9.49. The summed E-state index contributed by atoms with van der Waals surface area (Å²) in [7, 11) is 3.32. The summed E-state index contributed by atoms with van der Waals surface area (Å²) in [6.45, 7) is 0.511. The third-order valence-electron chi connectivity index (χ3n) is 4.88. The average Bonchev–Trinajstić information content (AvgIpc) is 2.77. The van der Waals surface area contributed by atoms with Crippen molar-refractivity contribution in [2.24, 2.45) is 11.7 Å². The SMILES string of the molecule is COc1ccc(CC(CN)CO)cc1-c1cc(-c2ccncc2)ccc1OC. The van der Waals surface area contributed by atoms with Crippen LogP contribution in [0.25, 0.3) is 22.3 Å². The Morgan fingerprint density at radius 2 is 1.54 bits per heavy atom. The van der Waals surface area contributed by atoms with Gasteiger partial charge in [0.25, 0.3) is 0 Å². The lowest BCUT2D eigenvalue weighted by Crippen LogP contribution is -2.20.